The number of methoxy groups -OCH3 is 3. The molecule has 1 aliphatic rings. The quantitative estimate of drug-likeness (QED) is 0.459. The number of carbonyl (C=O) groups is 1. The number of aryl methyl sites for hydroxylation is 2. The van der Waals surface area contributed by atoms with Crippen molar-refractivity contribution in [1.82, 2.24) is 9.62 Å². The number of benzene rings is 2. The Hall–Kier alpha value is -2.78. The first-order valence-corrected chi connectivity index (χ1v) is 13.0. The number of carbonyl (C=O) groups excluding carboxylic acids is 1. The first-order valence-electron chi connectivity index (χ1n) is 11.5. The van der Waals surface area contributed by atoms with Crippen molar-refractivity contribution in [3.05, 3.63) is 47.5 Å². The van der Waals surface area contributed by atoms with E-state index in [0.717, 1.165) is 31.2 Å². The SMILES string of the molecule is COc1ccc(S(=O)(=O)N2CCCC2)cc1CCC(=O)NCCCc1ccc(OC)c(OC)c1. The van der Waals surface area contributed by atoms with E-state index < -0.39 is 10.0 Å². The zero-order valence-corrected chi connectivity index (χ0v) is 20.9. The van der Waals surface area contributed by atoms with Crippen LogP contribution >= 0.6 is 0 Å². The highest BCUT2D eigenvalue weighted by Gasteiger charge is 2.27. The Morgan fingerprint density at radius 3 is 2.26 bits per heavy atom. The van der Waals surface area contributed by atoms with Gasteiger partial charge in [0.15, 0.2) is 11.5 Å². The summed E-state index contributed by atoms with van der Waals surface area (Å²) in [5.74, 6) is 1.88. The molecule has 1 N–H and O–H groups in total. The zero-order chi connectivity index (χ0) is 24.6. The average molecular weight is 491 g/mol. The van der Waals surface area contributed by atoms with Crippen molar-refractivity contribution in [3.8, 4) is 17.2 Å². The van der Waals surface area contributed by atoms with Crippen LogP contribution in [0.3, 0.4) is 0 Å². The van der Waals surface area contributed by atoms with Crippen molar-refractivity contribution < 1.29 is 27.4 Å². The highest BCUT2D eigenvalue weighted by Crippen LogP contribution is 2.28. The topological polar surface area (TPSA) is 94.2 Å². The Balaban J connectivity index is 1.51. The normalized spacial score (nSPS) is 14.1. The Morgan fingerprint density at radius 1 is 0.912 bits per heavy atom. The molecule has 186 valence electrons. The molecule has 0 aromatic heterocycles. The summed E-state index contributed by atoms with van der Waals surface area (Å²) in [5.41, 5.74) is 1.82. The lowest BCUT2D eigenvalue weighted by molar-refractivity contribution is -0.121. The van der Waals surface area contributed by atoms with E-state index in [1.807, 2.05) is 18.2 Å². The maximum absolute atomic E-state index is 12.9. The van der Waals surface area contributed by atoms with Gasteiger partial charge in [-0.1, -0.05) is 6.07 Å². The van der Waals surface area contributed by atoms with Crippen molar-refractivity contribution in [2.45, 2.75) is 43.4 Å². The van der Waals surface area contributed by atoms with Crippen molar-refractivity contribution in [2.75, 3.05) is 41.0 Å². The molecule has 0 spiro atoms. The summed E-state index contributed by atoms with van der Waals surface area (Å²) < 4.78 is 43.3. The van der Waals surface area contributed by atoms with Crippen LogP contribution in [-0.4, -0.2) is 59.6 Å². The Morgan fingerprint density at radius 2 is 1.59 bits per heavy atom. The monoisotopic (exact) mass is 490 g/mol. The molecule has 0 saturated carbocycles. The lowest BCUT2D eigenvalue weighted by Crippen LogP contribution is -2.28. The van der Waals surface area contributed by atoms with Crippen LogP contribution in [0.4, 0.5) is 0 Å². The summed E-state index contributed by atoms with van der Waals surface area (Å²) in [7, 11) is 1.23. The van der Waals surface area contributed by atoms with Gasteiger partial charge in [-0.25, -0.2) is 8.42 Å². The van der Waals surface area contributed by atoms with Gasteiger partial charge < -0.3 is 19.5 Å². The molecule has 2 aromatic carbocycles. The summed E-state index contributed by atoms with van der Waals surface area (Å²) in [4.78, 5) is 12.6. The summed E-state index contributed by atoms with van der Waals surface area (Å²) >= 11 is 0. The first kappa shape index (κ1) is 25.8. The lowest BCUT2D eigenvalue weighted by Gasteiger charge is -2.17. The van der Waals surface area contributed by atoms with Crippen LogP contribution in [0, 0.1) is 0 Å². The van der Waals surface area contributed by atoms with E-state index in [4.69, 9.17) is 14.2 Å². The third-order valence-corrected chi connectivity index (χ3v) is 7.88. The molecule has 1 fully saturated rings. The number of nitrogens with zero attached hydrogens (tertiary/aromatic N) is 1. The molecule has 1 aliphatic heterocycles. The Bertz CT molecular complexity index is 1080. The minimum atomic E-state index is -3.52. The van der Waals surface area contributed by atoms with E-state index in [0.29, 0.717) is 48.9 Å². The molecule has 3 rings (SSSR count). The molecule has 0 aliphatic carbocycles. The highest BCUT2D eigenvalue weighted by molar-refractivity contribution is 7.89. The van der Waals surface area contributed by atoms with Gasteiger partial charge >= 0.3 is 0 Å². The number of ether oxygens (including phenoxy) is 3. The fourth-order valence-corrected chi connectivity index (χ4v) is 5.65. The van der Waals surface area contributed by atoms with Gasteiger partial charge in [0.25, 0.3) is 0 Å². The lowest BCUT2D eigenvalue weighted by atomic mass is 10.1. The summed E-state index contributed by atoms with van der Waals surface area (Å²) in [5, 5.41) is 2.94. The molecular formula is C25H34N2O6S. The van der Waals surface area contributed by atoms with Crippen molar-refractivity contribution in [3.63, 3.8) is 0 Å². The van der Waals surface area contributed by atoms with E-state index in [1.54, 1.807) is 39.5 Å². The first-order chi connectivity index (χ1) is 16.4. The van der Waals surface area contributed by atoms with Crippen molar-refractivity contribution in [2.24, 2.45) is 0 Å². The third kappa shape index (κ3) is 6.42. The number of sulfonamides is 1. The minimum Gasteiger partial charge on any atom is -0.496 e. The van der Waals surface area contributed by atoms with Crippen LogP contribution in [0.25, 0.3) is 0 Å². The molecule has 8 nitrogen and oxygen atoms in total. The molecule has 0 atom stereocenters. The van der Waals surface area contributed by atoms with Gasteiger partial charge in [-0.05, 0) is 73.6 Å². The van der Waals surface area contributed by atoms with Crippen LogP contribution in [0.5, 0.6) is 17.2 Å². The standard InChI is InChI=1S/C25H34N2O6S/c1-31-22-12-10-21(34(29,30)27-15-4-5-16-27)18-20(22)9-13-25(28)26-14-6-7-19-8-11-23(32-2)24(17-19)33-3/h8,10-12,17-18H,4-7,9,13-16H2,1-3H3,(H,26,28). The van der Waals surface area contributed by atoms with Gasteiger partial charge in [0, 0.05) is 26.1 Å². The molecular weight excluding hydrogens is 456 g/mol. The molecule has 0 bridgehead atoms. The number of nitrogens with one attached hydrogen (secondary N) is 1. The van der Waals surface area contributed by atoms with Crippen LogP contribution in [0.1, 0.15) is 36.8 Å². The van der Waals surface area contributed by atoms with Crippen LogP contribution in [-0.2, 0) is 27.7 Å². The zero-order valence-electron chi connectivity index (χ0n) is 20.1. The maximum Gasteiger partial charge on any atom is 0.243 e. The Kier molecular flexibility index (Phi) is 9.18. The number of hydrogen-bond acceptors (Lipinski definition) is 6. The number of hydrogen-bond donors (Lipinski definition) is 1. The fraction of sp³-hybridized carbons (Fsp3) is 0.480. The second-order valence-electron chi connectivity index (χ2n) is 8.23. The van der Waals surface area contributed by atoms with E-state index in [1.165, 1.54) is 4.31 Å². The number of amides is 1. The van der Waals surface area contributed by atoms with Crippen LogP contribution < -0.4 is 19.5 Å². The smallest absolute Gasteiger partial charge is 0.243 e. The van der Waals surface area contributed by atoms with Gasteiger partial charge in [0.1, 0.15) is 5.75 Å². The van der Waals surface area contributed by atoms with Gasteiger partial charge in [-0.3, -0.25) is 4.79 Å². The fourth-order valence-electron chi connectivity index (χ4n) is 4.08. The van der Waals surface area contributed by atoms with E-state index in [9.17, 15) is 13.2 Å². The summed E-state index contributed by atoms with van der Waals surface area (Å²) in [6.45, 7) is 1.65. The van der Waals surface area contributed by atoms with Gasteiger partial charge in [-0.15, -0.1) is 0 Å². The van der Waals surface area contributed by atoms with Gasteiger partial charge in [0.2, 0.25) is 15.9 Å². The van der Waals surface area contributed by atoms with E-state index in [2.05, 4.69) is 5.32 Å². The second kappa shape index (κ2) is 12.1. The molecule has 0 radical (unpaired) electrons. The largest absolute Gasteiger partial charge is 0.496 e. The second-order valence-corrected chi connectivity index (χ2v) is 10.2. The highest BCUT2D eigenvalue weighted by atomic mass is 32.2. The van der Waals surface area contributed by atoms with Crippen LogP contribution in [0.15, 0.2) is 41.3 Å². The molecule has 1 heterocycles. The summed E-state index contributed by atoms with van der Waals surface area (Å²) in [6, 6.07) is 10.7. The molecule has 9 heteroatoms. The van der Waals surface area contributed by atoms with Gasteiger partial charge in [0.05, 0.1) is 26.2 Å². The van der Waals surface area contributed by atoms with E-state index in [-0.39, 0.29) is 17.2 Å². The minimum absolute atomic E-state index is 0.0813. The third-order valence-electron chi connectivity index (χ3n) is 5.99. The van der Waals surface area contributed by atoms with Crippen LogP contribution in [0.2, 0.25) is 0 Å². The van der Waals surface area contributed by atoms with E-state index >= 15 is 0 Å². The van der Waals surface area contributed by atoms with Crippen molar-refractivity contribution in [1.29, 1.82) is 0 Å². The number of rotatable bonds is 12. The molecule has 1 saturated heterocycles. The molecule has 2 aromatic rings. The average Bonchev–Trinajstić information content (AvgIpc) is 3.41. The predicted molar refractivity (Wildman–Crippen MR) is 130 cm³/mol. The predicted octanol–water partition coefficient (Wildman–Crippen LogP) is 3.18. The molecule has 0 unspecified atom stereocenters. The molecule has 34 heavy (non-hydrogen) atoms. The Labute approximate surface area is 202 Å². The maximum atomic E-state index is 12.9. The van der Waals surface area contributed by atoms with Gasteiger partial charge in [-0.2, -0.15) is 4.31 Å². The summed E-state index contributed by atoms with van der Waals surface area (Å²) in [6.07, 6.45) is 4.00. The molecule has 1 amide bonds. The van der Waals surface area contributed by atoms with Crippen molar-refractivity contribution >= 4 is 15.9 Å².